The molecule has 72 valence electrons. The topological polar surface area (TPSA) is 22.1 Å². The molecule has 3 heteroatoms. The molecular formula is C11H10ClNO. The molecule has 0 spiro atoms. The van der Waals surface area contributed by atoms with Crippen molar-refractivity contribution < 1.29 is 4.74 Å². The monoisotopic (exact) mass is 207 g/mol. The Labute approximate surface area is 87.5 Å². The van der Waals surface area contributed by atoms with E-state index in [4.69, 9.17) is 16.3 Å². The van der Waals surface area contributed by atoms with Crippen molar-refractivity contribution in [3.8, 4) is 5.75 Å². The van der Waals surface area contributed by atoms with Crippen LogP contribution in [0.1, 0.15) is 5.56 Å². The Morgan fingerprint density at radius 1 is 1.21 bits per heavy atom. The summed E-state index contributed by atoms with van der Waals surface area (Å²) in [6.45, 7) is 1.99. The Morgan fingerprint density at radius 3 is 2.64 bits per heavy atom. The summed E-state index contributed by atoms with van der Waals surface area (Å²) in [5.41, 5.74) is 1.88. The molecule has 0 amide bonds. The number of pyridine rings is 1. The number of hydrogen-bond donors (Lipinski definition) is 0. The van der Waals surface area contributed by atoms with Crippen molar-refractivity contribution >= 4 is 22.5 Å². The minimum atomic E-state index is 0.487. The Hall–Kier alpha value is -1.28. The van der Waals surface area contributed by atoms with Crippen LogP contribution in [0.2, 0.25) is 5.15 Å². The summed E-state index contributed by atoms with van der Waals surface area (Å²) in [5.74, 6) is 0.796. The van der Waals surface area contributed by atoms with Gasteiger partial charge in [0.2, 0.25) is 0 Å². The third kappa shape index (κ3) is 1.42. The molecule has 0 N–H and O–H groups in total. The van der Waals surface area contributed by atoms with Gasteiger partial charge in [0.15, 0.2) is 0 Å². The summed E-state index contributed by atoms with van der Waals surface area (Å²) in [5, 5.41) is 1.53. The highest BCUT2D eigenvalue weighted by Gasteiger charge is 2.06. The molecule has 0 saturated heterocycles. The van der Waals surface area contributed by atoms with Crippen LogP contribution in [0, 0.1) is 6.92 Å². The zero-order valence-electron chi connectivity index (χ0n) is 8.04. The van der Waals surface area contributed by atoms with E-state index in [0.717, 1.165) is 22.2 Å². The first-order valence-electron chi connectivity index (χ1n) is 4.32. The maximum atomic E-state index is 5.83. The molecule has 0 aliphatic heterocycles. The zero-order valence-corrected chi connectivity index (χ0v) is 8.80. The summed E-state index contributed by atoms with van der Waals surface area (Å²) < 4.78 is 5.29. The summed E-state index contributed by atoms with van der Waals surface area (Å²) in [7, 11) is 1.64. The molecule has 14 heavy (non-hydrogen) atoms. The maximum absolute atomic E-state index is 5.83. The van der Waals surface area contributed by atoms with Crippen molar-refractivity contribution in [2.75, 3.05) is 7.11 Å². The molecule has 1 aromatic heterocycles. The average molecular weight is 208 g/mol. The molecule has 0 atom stereocenters. The lowest BCUT2D eigenvalue weighted by Crippen LogP contribution is -1.91. The predicted molar refractivity (Wildman–Crippen MR) is 58.0 cm³/mol. The fourth-order valence-electron chi connectivity index (χ4n) is 1.50. The Morgan fingerprint density at radius 2 is 1.93 bits per heavy atom. The molecule has 0 aliphatic rings. The first-order valence-corrected chi connectivity index (χ1v) is 4.70. The van der Waals surface area contributed by atoms with Gasteiger partial charge in [0.25, 0.3) is 0 Å². The van der Waals surface area contributed by atoms with Crippen LogP contribution in [0.15, 0.2) is 24.3 Å². The molecule has 0 fully saturated rings. The molecule has 2 aromatic rings. The highest BCUT2D eigenvalue weighted by atomic mass is 35.5. The lowest BCUT2D eigenvalue weighted by molar-refractivity contribution is 0.416. The standard InChI is InChI=1S/C11H10ClNO/c1-7-3-4-8-5-6-9(12)13-10(8)11(7)14-2/h3-6H,1-2H3. The van der Waals surface area contributed by atoms with E-state index < -0.39 is 0 Å². The van der Waals surface area contributed by atoms with Gasteiger partial charge in [-0.05, 0) is 24.6 Å². The molecule has 0 aliphatic carbocycles. The molecule has 1 heterocycles. The van der Waals surface area contributed by atoms with Crippen LogP contribution in [0.5, 0.6) is 5.75 Å². The molecule has 2 rings (SSSR count). The van der Waals surface area contributed by atoms with Crippen LogP contribution in [0.3, 0.4) is 0 Å². The number of nitrogens with zero attached hydrogens (tertiary/aromatic N) is 1. The number of ether oxygens (including phenoxy) is 1. The van der Waals surface area contributed by atoms with Gasteiger partial charge in [0.1, 0.15) is 16.4 Å². The average Bonchev–Trinajstić information content (AvgIpc) is 2.17. The van der Waals surface area contributed by atoms with E-state index in [1.54, 1.807) is 13.2 Å². The molecule has 0 unspecified atom stereocenters. The minimum Gasteiger partial charge on any atom is -0.494 e. The van der Waals surface area contributed by atoms with E-state index in [1.807, 2.05) is 25.1 Å². The van der Waals surface area contributed by atoms with Crippen molar-refractivity contribution in [2.24, 2.45) is 0 Å². The minimum absolute atomic E-state index is 0.487. The maximum Gasteiger partial charge on any atom is 0.148 e. The van der Waals surface area contributed by atoms with Crippen LogP contribution in [0.4, 0.5) is 0 Å². The number of aromatic nitrogens is 1. The Balaban J connectivity index is 2.84. The van der Waals surface area contributed by atoms with E-state index in [2.05, 4.69) is 4.98 Å². The van der Waals surface area contributed by atoms with Crippen LogP contribution < -0.4 is 4.74 Å². The first-order chi connectivity index (χ1) is 6.72. The lowest BCUT2D eigenvalue weighted by atomic mass is 10.1. The number of aryl methyl sites for hydroxylation is 1. The quantitative estimate of drug-likeness (QED) is 0.670. The van der Waals surface area contributed by atoms with Gasteiger partial charge in [-0.2, -0.15) is 0 Å². The van der Waals surface area contributed by atoms with E-state index in [-0.39, 0.29) is 0 Å². The van der Waals surface area contributed by atoms with Crippen LogP contribution in [-0.4, -0.2) is 12.1 Å². The number of rotatable bonds is 1. The van der Waals surface area contributed by atoms with Crippen LogP contribution in [0.25, 0.3) is 10.9 Å². The van der Waals surface area contributed by atoms with Gasteiger partial charge in [0, 0.05) is 5.39 Å². The Bertz CT molecular complexity index is 477. The molecule has 0 saturated carbocycles. The van der Waals surface area contributed by atoms with Gasteiger partial charge in [0.05, 0.1) is 7.11 Å². The smallest absolute Gasteiger partial charge is 0.148 e. The van der Waals surface area contributed by atoms with Crippen molar-refractivity contribution in [3.05, 3.63) is 35.0 Å². The van der Waals surface area contributed by atoms with Crippen molar-refractivity contribution in [2.45, 2.75) is 6.92 Å². The van der Waals surface area contributed by atoms with Crippen LogP contribution in [-0.2, 0) is 0 Å². The fraction of sp³-hybridized carbons (Fsp3) is 0.182. The number of benzene rings is 1. The second-order valence-corrected chi connectivity index (χ2v) is 3.51. The zero-order chi connectivity index (χ0) is 10.1. The molecule has 1 aromatic carbocycles. The molecule has 0 radical (unpaired) electrons. The predicted octanol–water partition coefficient (Wildman–Crippen LogP) is 3.21. The van der Waals surface area contributed by atoms with Gasteiger partial charge in [-0.15, -0.1) is 0 Å². The summed E-state index contributed by atoms with van der Waals surface area (Å²) in [6.07, 6.45) is 0. The van der Waals surface area contributed by atoms with E-state index in [1.165, 1.54) is 0 Å². The van der Waals surface area contributed by atoms with Gasteiger partial charge in [-0.3, -0.25) is 0 Å². The van der Waals surface area contributed by atoms with Crippen molar-refractivity contribution in [1.82, 2.24) is 4.98 Å². The summed E-state index contributed by atoms with van der Waals surface area (Å²) >= 11 is 5.83. The van der Waals surface area contributed by atoms with E-state index >= 15 is 0 Å². The van der Waals surface area contributed by atoms with Gasteiger partial charge in [-0.25, -0.2) is 4.98 Å². The number of hydrogen-bond acceptors (Lipinski definition) is 2. The third-order valence-electron chi connectivity index (χ3n) is 2.18. The number of methoxy groups -OCH3 is 1. The second-order valence-electron chi connectivity index (χ2n) is 3.12. The molecule has 0 bridgehead atoms. The fourth-order valence-corrected chi connectivity index (χ4v) is 1.64. The molecule has 2 nitrogen and oxygen atoms in total. The Kier molecular flexibility index (Phi) is 2.30. The summed E-state index contributed by atoms with van der Waals surface area (Å²) in [6, 6.07) is 7.73. The lowest BCUT2D eigenvalue weighted by Gasteiger charge is -2.07. The van der Waals surface area contributed by atoms with E-state index in [0.29, 0.717) is 5.15 Å². The second kappa shape index (κ2) is 3.46. The number of fused-ring (bicyclic) bond motifs is 1. The number of halogens is 1. The van der Waals surface area contributed by atoms with Gasteiger partial charge >= 0.3 is 0 Å². The van der Waals surface area contributed by atoms with Gasteiger partial charge in [-0.1, -0.05) is 23.7 Å². The normalized spacial score (nSPS) is 10.5. The SMILES string of the molecule is COc1c(C)ccc2ccc(Cl)nc12. The van der Waals surface area contributed by atoms with Gasteiger partial charge < -0.3 is 4.74 Å². The highest BCUT2D eigenvalue weighted by molar-refractivity contribution is 6.29. The first kappa shape index (κ1) is 9.28. The van der Waals surface area contributed by atoms with Crippen molar-refractivity contribution in [3.63, 3.8) is 0 Å². The highest BCUT2D eigenvalue weighted by Crippen LogP contribution is 2.28. The largest absolute Gasteiger partial charge is 0.494 e. The summed E-state index contributed by atoms with van der Waals surface area (Å²) in [4.78, 5) is 4.25. The van der Waals surface area contributed by atoms with Crippen LogP contribution >= 0.6 is 11.6 Å². The van der Waals surface area contributed by atoms with E-state index in [9.17, 15) is 0 Å². The third-order valence-corrected chi connectivity index (χ3v) is 2.39. The van der Waals surface area contributed by atoms with Crippen molar-refractivity contribution in [1.29, 1.82) is 0 Å². The molecular weight excluding hydrogens is 198 g/mol.